The predicted molar refractivity (Wildman–Crippen MR) is 84.8 cm³/mol. The summed E-state index contributed by atoms with van der Waals surface area (Å²) in [6.45, 7) is 0. The highest BCUT2D eigenvalue weighted by atomic mass is 16.5. The van der Waals surface area contributed by atoms with Crippen LogP contribution in [0.25, 0.3) is 11.4 Å². The minimum atomic E-state index is -0.178. The van der Waals surface area contributed by atoms with Crippen molar-refractivity contribution in [1.29, 1.82) is 0 Å². The molecule has 0 aliphatic heterocycles. The Morgan fingerprint density at radius 2 is 2.00 bits per heavy atom. The summed E-state index contributed by atoms with van der Waals surface area (Å²) in [5.41, 5.74) is 1.80. The molecule has 0 bridgehead atoms. The van der Waals surface area contributed by atoms with Gasteiger partial charge in [0.05, 0.1) is 36.7 Å². The van der Waals surface area contributed by atoms with Crippen LogP contribution in [-0.4, -0.2) is 44.7 Å². The molecule has 122 valence electrons. The fourth-order valence-electron chi connectivity index (χ4n) is 2.91. The van der Waals surface area contributed by atoms with Crippen LogP contribution >= 0.6 is 0 Å². The summed E-state index contributed by atoms with van der Waals surface area (Å²) in [6.07, 6.45) is 10.7. The molecule has 3 rings (SSSR count). The largest absolute Gasteiger partial charge is 0.381 e. The summed E-state index contributed by atoms with van der Waals surface area (Å²) in [7, 11) is 3.62. The normalized spacial score (nSPS) is 21.1. The Hall–Kier alpha value is -2.28. The number of carbonyl (C=O) groups excluding carboxylic acids is 1. The van der Waals surface area contributed by atoms with E-state index in [1.807, 2.05) is 11.6 Å². The second kappa shape index (κ2) is 6.87. The third-order valence-electron chi connectivity index (χ3n) is 4.29. The highest BCUT2D eigenvalue weighted by Crippen LogP contribution is 2.21. The lowest BCUT2D eigenvalue weighted by molar-refractivity contribution is 0.0598. The number of methoxy groups -OCH3 is 1. The van der Waals surface area contributed by atoms with E-state index in [-0.39, 0.29) is 11.9 Å². The van der Waals surface area contributed by atoms with Crippen LogP contribution in [0.15, 0.2) is 24.9 Å². The Morgan fingerprint density at radius 1 is 1.22 bits per heavy atom. The van der Waals surface area contributed by atoms with Crippen molar-refractivity contribution in [2.24, 2.45) is 7.05 Å². The van der Waals surface area contributed by atoms with Gasteiger partial charge in [-0.25, -0.2) is 9.97 Å². The molecule has 1 aliphatic rings. The predicted octanol–water partition coefficient (Wildman–Crippen LogP) is 1.56. The summed E-state index contributed by atoms with van der Waals surface area (Å²) in [6, 6.07) is 0.177. The van der Waals surface area contributed by atoms with Crippen molar-refractivity contribution in [3.05, 3.63) is 30.6 Å². The molecule has 0 radical (unpaired) electrons. The monoisotopic (exact) mass is 315 g/mol. The Labute approximate surface area is 135 Å². The molecule has 1 fully saturated rings. The zero-order valence-corrected chi connectivity index (χ0v) is 13.4. The van der Waals surface area contributed by atoms with Crippen LogP contribution in [0.1, 0.15) is 36.2 Å². The quantitative estimate of drug-likeness (QED) is 0.926. The standard InChI is InChI=1S/C16H21N5O2/c1-21-10-18-9-15(21)13-7-17-8-14(20-13)16(22)19-11-3-5-12(23-2)6-4-11/h7-12H,3-6H2,1-2H3,(H,19,22). The molecule has 1 saturated carbocycles. The minimum Gasteiger partial charge on any atom is -0.381 e. The first-order valence-corrected chi connectivity index (χ1v) is 7.79. The van der Waals surface area contributed by atoms with E-state index in [0.29, 0.717) is 17.5 Å². The highest BCUT2D eigenvalue weighted by molar-refractivity contribution is 5.92. The van der Waals surface area contributed by atoms with Crippen LogP contribution in [0.3, 0.4) is 0 Å². The molecule has 0 spiro atoms. The van der Waals surface area contributed by atoms with E-state index >= 15 is 0 Å². The highest BCUT2D eigenvalue weighted by Gasteiger charge is 2.23. The Kier molecular flexibility index (Phi) is 4.66. The lowest BCUT2D eigenvalue weighted by Crippen LogP contribution is -2.39. The summed E-state index contributed by atoms with van der Waals surface area (Å²) >= 11 is 0. The van der Waals surface area contributed by atoms with Gasteiger partial charge in [0.2, 0.25) is 0 Å². The zero-order valence-electron chi connectivity index (χ0n) is 13.4. The summed E-state index contributed by atoms with van der Waals surface area (Å²) in [4.78, 5) is 25.0. The number of carbonyl (C=O) groups is 1. The van der Waals surface area contributed by atoms with Gasteiger partial charge in [0.15, 0.2) is 0 Å². The number of imidazole rings is 1. The fraction of sp³-hybridized carbons (Fsp3) is 0.500. The van der Waals surface area contributed by atoms with Crippen LogP contribution in [0, 0.1) is 0 Å². The van der Waals surface area contributed by atoms with Crippen molar-refractivity contribution in [2.45, 2.75) is 37.8 Å². The third kappa shape index (κ3) is 3.56. The fourth-order valence-corrected chi connectivity index (χ4v) is 2.91. The number of amides is 1. The molecule has 1 aliphatic carbocycles. The van der Waals surface area contributed by atoms with E-state index in [1.54, 1.807) is 25.8 Å². The van der Waals surface area contributed by atoms with Gasteiger partial charge in [-0.15, -0.1) is 0 Å². The van der Waals surface area contributed by atoms with Crippen LogP contribution < -0.4 is 5.32 Å². The van der Waals surface area contributed by atoms with Gasteiger partial charge < -0.3 is 14.6 Å². The average molecular weight is 315 g/mol. The maximum absolute atomic E-state index is 12.4. The zero-order chi connectivity index (χ0) is 16.2. The van der Waals surface area contributed by atoms with Crippen molar-refractivity contribution in [2.75, 3.05) is 7.11 Å². The number of hydrogen-bond donors (Lipinski definition) is 1. The second-order valence-electron chi connectivity index (χ2n) is 5.86. The first-order chi connectivity index (χ1) is 11.2. The van der Waals surface area contributed by atoms with Crippen molar-refractivity contribution < 1.29 is 9.53 Å². The Bertz CT molecular complexity index is 677. The molecule has 7 heteroatoms. The number of rotatable bonds is 4. The number of aromatic nitrogens is 4. The molecular formula is C16H21N5O2. The third-order valence-corrected chi connectivity index (χ3v) is 4.29. The number of hydrogen-bond acceptors (Lipinski definition) is 5. The number of nitrogens with zero attached hydrogens (tertiary/aromatic N) is 4. The van der Waals surface area contributed by atoms with Gasteiger partial charge in [0, 0.05) is 20.2 Å². The first-order valence-electron chi connectivity index (χ1n) is 7.79. The first kappa shape index (κ1) is 15.6. The second-order valence-corrected chi connectivity index (χ2v) is 5.86. The Morgan fingerprint density at radius 3 is 2.65 bits per heavy atom. The molecule has 1 amide bonds. The van der Waals surface area contributed by atoms with E-state index in [2.05, 4.69) is 20.3 Å². The van der Waals surface area contributed by atoms with E-state index in [0.717, 1.165) is 31.4 Å². The topological polar surface area (TPSA) is 81.9 Å². The molecule has 2 heterocycles. The van der Waals surface area contributed by atoms with Crippen LogP contribution in [0.2, 0.25) is 0 Å². The number of ether oxygens (including phenoxy) is 1. The molecule has 7 nitrogen and oxygen atoms in total. The number of aryl methyl sites for hydroxylation is 1. The van der Waals surface area contributed by atoms with Gasteiger partial charge in [-0.3, -0.25) is 9.78 Å². The van der Waals surface area contributed by atoms with Gasteiger partial charge in [0.1, 0.15) is 11.4 Å². The van der Waals surface area contributed by atoms with Gasteiger partial charge in [0.25, 0.3) is 5.91 Å². The summed E-state index contributed by atoms with van der Waals surface area (Å²) < 4.78 is 7.20. The molecule has 2 aromatic heterocycles. The van der Waals surface area contributed by atoms with Crippen molar-refractivity contribution >= 4 is 5.91 Å². The van der Waals surface area contributed by atoms with Gasteiger partial charge in [-0.1, -0.05) is 0 Å². The minimum absolute atomic E-state index is 0.177. The van der Waals surface area contributed by atoms with Gasteiger partial charge in [-0.2, -0.15) is 0 Å². The molecule has 2 aromatic rings. The van der Waals surface area contributed by atoms with Crippen molar-refractivity contribution in [1.82, 2.24) is 24.8 Å². The smallest absolute Gasteiger partial charge is 0.271 e. The summed E-state index contributed by atoms with van der Waals surface area (Å²) in [5, 5.41) is 3.05. The van der Waals surface area contributed by atoms with Crippen LogP contribution in [0.4, 0.5) is 0 Å². The maximum atomic E-state index is 12.4. The van der Waals surface area contributed by atoms with Crippen molar-refractivity contribution in [3.63, 3.8) is 0 Å². The lowest BCUT2D eigenvalue weighted by atomic mass is 9.93. The van der Waals surface area contributed by atoms with Gasteiger partial charge >= 0.3 is 0 Å². The lowest BCUT2D eigenvalue weighted by Gasteiger charge is -2.28. The van der Waals surface area contributed by atoms with Crippen LogP contribution in [-0.2, 0) is 11.8 Å². The molecule has 23 heavy (non-hydrogen) atoms. The van der Waals surface area contributed by atoms with Gasteiger partial charge in [-0.05, 0) is 25.7 Å². The maximum Gasteiger partial charge on any atom is 0.271 e. The molecule has 0 atom stereocenters. The molecule has 1 N–H and O–H groups in total. The van der Waals surface area contributed by atoms with E-state index in [1.165, 1.54) is 6.20 Å². The number of nitrogens with one attached hydrogen (secondary N) is 1. The molecule has 0 saturated heterocycles. The van der Waals surface area contributed by atoms with Crippen LogP contribution in [0.5, 0.6) is 0 Å². The summed E-state index contributed by atoms with van der Waals surface area (Å²) in [5.74, 6) is -0.178. The Balaban J connectivity index is 1.67. The molecular weight excluding hydrogens is 294 g/mol. The van der Waals surface area contributed by atoms with Crippen molar-refractivity contribution in [3.8, 4) is 11.4 Å². The van der Waals surface area contributed by atoms with E-state index in [9.17, 15) is 4.79 Å². The average Bonchev–Trinajstić information content (AvgIpc) is 3.02. The van der Waals surface area contributed by atoms with E-state index < -0.39 is 0 Å². The molecule has 0 unspecified atom stereocenters. The SMILES string of the molecule is COC1CCC(NC(=O)c2cncc(-c3cncn3C)n2)CC1. The van der Waals surface area contributed by atoms with E-state index in [4.69, 9.17) is 4.74 Å². The molecule has 0 aromatic carbocycles.